The van der Waals surface area contributed by atoms with Gasteiger partial charge in [-0.3, -0.25) is 0 Å². The second-order valence-electron chi connectivity index (χ2n) is 7.35. The third-order valence-electron chi connectivity index (χ3n) is 4.21. The first-order valence-electron chi connectivity index (χ1n) is 7.83. The molecule has 1 aromatic carbocycles. The Bertz CT molecular complexity index is 424. The molecule has 0 atom stereocenters. The molecule has 0 unspecified atom stereocenters. The standard InChI is InChI=1S/C18H29NO/c1-6-20-16-9-7-15(8-10-16)18(11-14(2)12-18)13-19-17(3,4)5/h7-10,14,19H,6,11-13H2,1-5H3. The third-order valence-corrected chi connectivity index (χ3v) is 4.21. The number of hydrogen-bond acceptors (Lipinski definition) is 2. The molecule has 1 aliphatic rings. The summed E-state index contributed by atoms with van der Waals surface area (Å²) in [5, 5.41) is 3.69. The lowest BCUT2D eigenvalue weighted by atomic mass is 9.59. The number of benzene rings is 1. The highest BCUT2D eigenvalue weighted by Crippen LogP contribution is 2.47. The molecule has 1 N–H and O–H groups in total. The minimum absolute atomic E-state index is 0.178. The molecule has 0 aromatic heterocycles. The molecule has 20 heavy (non-hydrogen) atoms. The predicted octanol–water partition coefficient (Wildman–Crippen LogP) is 4.14. The maximum absolute atomic E-state index is 5.54. The van der Waals surface area contributed by atoms with E-state index in [1.165, 1.54) is 18.4 Å². The Kier molecular flexibility index (Phi) is 4.43. The Morgan fingerprint density at radius 3 is 2.25 bits per heavy atom. The van der Waals surface area contributed by atoms with E-state index in [-0.39, 0.29) is 5.54 Å². The summed E-state index contributed by atoms with van der Waals surface area (Å²) in [6.07, 6.45) is 2.56. The van der Waals surface area contributed by atoms with Crippen molar-refractivity contribution in [1.29, 1.82) is 0 Å². The van der Waals surface area contributed by atoms with Crippen LogP contribution in [0.4, 0.5) is 0 Å². The third kappa shape index (κ3) is 3.54. The Morgan fingerprint density at radius 2 is 1.80 bits per heavy atom. The highest BCUT2D eigenvalue weighted by molar-refractivity contribution is 5.35. The quantitative estimate of drug-likeness (QED) is 0.872. The highest BCUT2D eigenvalue weighted by Gasteiger charge is 2.43. The summed E-state index contributed by atoms with van der Waals surface area (Å²) < 4.78 is 5.54. The van der Waals surface area contributed by atoms with Gasteiger partial charge in [0, 0.05) is 17.5 Å². The van der Waals surface area contributed by atoms with Crippen LogP contribution in [-0.4, -0.2) is 18.7 Å². The van der Waals surface area contributed by atoms with Gasteiger partial charge < -0.3 is 10.1 Å². The van der Waals surface area contributed by atoms with Crippen LogP contribution in [-0.2, 0) is 5.41 Å². The summed E-state index contributed by atoms with van der Waals surface area (Å²) in [7, 11) is 0. The second kappa shape index (κ2) is 5.77. The minimum Gasteiger partial charge on any atom is -0.494 e. The van der Waals surface area contributed by atoms with E-state index in [2.05, 4.69) is 57.3 Å². The van der Waals surface area contributed by atoms with E-state index in [0.717, 1.165) is 24.8 Å². The fourth-order valence-corrected chi connectivity index (χ4v) is 3.26. The van der Waals surface area contributed by atoms with Gasteiger partial charge in [-0.25, -0.2) is 0 Å². The molecule has 0 saturated heterocycles. The summed E-state index contributed by atoms with van der Waals surface area (Å²) in [5.41, 5.74) is 1.95. The molecule has 0 spiro atoms. The second-order valence-corrected chi connectivity index (χ2v) is 7.35. The molecule has 0 heterocycles. The van der Waals surface area contributed by atoms with Crippen molar-refractivity contribution >= 4 is 0 Å². The zero-order valence-electron chi connectivity index (χ0n) is 13.6. The average Bonchev–Trinajstić information content (AvgIpc) is 2.33. The molecule has 2 rings (SSSR count). The van der Waals surface area contributed by atoms with Crippen molar-refractivity contribution < 1.29 is 4.74 Å². The Hall–Kier alpha value is -1.02. The smallest absolute Gasteiger partial charge is 0.119 e. The van der Waals surface area contributed by atoms with Crippen molar-refractivity contribution in [1.82, 2.24) is 5.32 Å². The Labute approximate surface area is 123 Å². The van der Waals surface area contributed by atoms with Crippen LogP contribution in [0.15, 0.2) is 24.3 Å². The monoisotopic (exact) mass is 275 g/mol. The number of hydrogen-bond donors (Lipinski definition) is 1. The van der Waals surface area contributed by atoms with Crippen LogP contribution in [0.25, 0.3) is 0 Å². The van der Waals surface area contributed by atoms with Crippen LogP contribution in [0.5, 0.6) is 5.75 Å². The van der Waals surface area contributed by atoms with Gasteiger partial charge in [-0.05, 0) is 64.2 Å². The lowest BCUT2D eigenvalue weighted by Crippen LogP contribution is -2.52. The van der Waals surface area contributed by atoms with E-state index in [4.69, 9.17) is 4.74 Å². The SMILES string of the molecule is CCOc1ccc(C2(CNC(C)(C)C)CC(C)C2)cc1. The Morgan fingerprint density at radius 1 is 1.20 bits per heavy atom. The van der Waals surface area contributed by atoms with Crippen molar-refractivity contribution in [2.24, 2.45) is 5.92 Å². The van der Waals surface area contributed by atoms with Crippen LogP contribution in [0, 0.1) is 5.92 Å². The molecular formula is C18H29NO. The van der Waals surface area contributed by atoms with Gasteiger partial charge in [-0.1, -0.05) is 19.1 Å². The van der Waals surface area contributed by atoms with Crippen LogP contribution in [0.2, 0.25) is 0 Å². The molecule has 1 aromatic rings. The molecule has 2 heteroatoms. The topological polar surface area (TPSA) is 21.3 Å². The number of nitrogens with one attached hydrogen (secondary N) is 1. The van der Waals surface area contributed by atoms with Gasteiger partial charge in [-0.2, -0.15) is 0 Å². The molecule has 2 nitrogen and oxygen atoms in total. The molecule has 1 fully saturated rings. The van der Waals surface area contributed by atoms with Crippen molar-refractivity contribution in [2.75, 3.05) is 13.2 Å². The molecule has 1 aliphatic carbocycles. The zero-order valence-corrected chi connectivity index (χ0v) is 13.6. The van der Waals surface area contributed by atoms with Crippen LogP contribution < -0.4 is 10.1 Å². The lowest BCUT2D eigenvalue weighted by Gasteiger charge is -2.48. The number of rotatable bonds is 5. The van der Waals surface area contributed by atoms with E-state index >= 15 is 0 Å². The fraction of sp³-hybridized carbons (Fsp3) is 0.667. The normalized spacial score (nSPS) is 26.1. The van der Waals surface area contributed by atoms with Crippen molar-refractivity contribution in [2.45, 2.75) is 58.4 Å². The first kappa shape index (κ1) is 15.4. The summed E-state index contributed by atoms with van der Waals surface area (Å²) >= 11 is 0. The van der Waals surface area contributed by atoms with Gasteiger partial charge in [0.1, 0.15) is 5.75 Å². The Balaban J connectivity index is 2.11. The molecule has 1 saturated carbocycles. The maximum atomic E-state index is 5.54. The predicted molar refractivity (Wildman–Crippen MR) is 85.4 cm³/mol. The first-order valence-corrected chi connectivity index (χ1v) is 7.83. The average molecular weight is 275 g/mol. The highest BCUT2D eigenvalue weighted by atomic mass is 16.5. The summed E-state index contributed by atoms with van der Waals surface area (Å²) in [4.78, 5) is 0. The van der Waals surface area contributed by atoms with Crippen LogP contribution in [0.3, 0.4) is 0 Å². The van der Waals surface area contributed by atoms with Gasteiger partial charge in [0.25, 0.3) is 0 Å². The molecular weight excluding hydrogens is 246 g/mol. The van der Waals surface area contributed by atoms with Gasteiger partial charge in [0.05, 0.1) is 6.61 Å². The molecule has 0 bridgehead atoms. The van der Waals surface area contributed by atoms with Crippen molar-refractivity contribution in [3.05, 3.63) is 29.8 Å². The van der Waals surface area contributed by atoms with Gasteiger partial charge in [0.15, 0.2) is 0 Å². The minimum atomic E-state index is 0.178. The van der Waals surface area contributed by atoms with Crippen molar-refractivity contribution in [3.8, 4) is 5.75 Å². The summed E-state index contributed by atoms with van der Waals surface area (Å²) in [6, 6.07) is 8.73. The van der Waals surface area contributed by atoms with E-state index in [1.807, 2.05) is 6.92 Å². The van der Waals surface area contributed by atoms with Gasteiger partial charge in [0.2, 0.25) is 0 Å². The molecule has 0 aliphatic heterocycles. The van der Waals surface area contributed by atoms with E-state index < -0.39 is 0 Å². The van der Waals surface area contributed by atoms with E-state index in [0.29, 0.717) is 5.41 Å². The van der Waals surface area contributed by atoms with E-state index in [9.17, 15) is 0 Å². The molecule has 112 valence electrons. The zero-order chi connectivity index (χ0) is 14.8. The molecule has 0 radical (unpaired) electrons. The summed E-state index contributed by atoms with van der Waals surface area (Å²) in [5.74, 6) is 1.81. The lowest BCUT2D eigenvalue weighted by molar-refractivity contribution is 0.141. The maximum Gasteiger partial charge on any atom is 0.119 e. The van der Waals surface area contributed by atoms with Crippen molar-refractivity contribution in [3.63, 3.8) is 0 Å². The molecule has 0 amide bonds. The first-order chi connectivity index (χ1) is 9.35. The van der Waals surface area contributed by atoms with Gasteiger partial charge in [-0.15, -0.1) is 0 Å². The largest absolute Gasteiger partial charge is 0.494 e. The number of ether oxygens (including phenoxy) is 1. The summed E-state index contributed by atoms with van der Waals surface area (Å²) in [6.45, 7) is 12.9. The van der Waals surface area contributed by atoms with Crippen LogP contribution in [0.1, 0.15) is 53.0 Å². The van der Waals surface area contributed by atoms with Gasteiger partial charge >= 0.3 is 0 Å². The van der Waals surface area contributed by atoms with E-state index in [1.54, 1.807) is 0 Å². The fourth-order valence-electron chi connectivity index (χ4n) is 3.26. The van der Waals surface area contributed by atoms with Crippen LogP contribution >= 0.6 is 0 Å².